The van der Waals surface area contributed by atoms with Crippen molar-refractivity contribution in [2.75, 3.05) is 13.1 Å². The summed E-state index contributed by atoms with van der Waals surface area (Å²) in [5.41, 5.74) is 2.43. The molecular formula is C23H25N5O. The number of hydrogen-bond acceptors (Lipinski definition) is 4. The Hall–Kier alpha value is -2.99. The summed E-state index contributed by atoms with van der Waals surface area (Å²) in [4.78, 5) is 15.2. The fourth-order valence-corrected chi connectivity index (χ4v) is 4.62. The number of nitrogens with one attached hydrogen (secondary N) is 1. The van der Waals surface area contributed by atoms with Crippen molar-refractivity contribution in [2.24, 2.45) is 11.8 Å². The Labute approximate surface area is 170 Å². The van der Waals surface area contributed by atoms with Crippen molar-refractivity contribution in [1.29, 1.82) is 0 Å². The van der Waals surface area contributed by atoms with Gasteiger partial charge in [0.1, 0.15) is 5.82 Å². The van der Waals surface area contributed by atoms with Crippen LogP contribution in [0.25, 0.3) is 0 Å². The first-order valence-electron chi connectivity index (χ1n) is 10.3. The highest BCUT2D eigenvalue weighted by atomic mass is 16.2. The fraction of sp³-hybridized carbons (Fsp3) is 0.348. The Morgan fingerprint density at radius 3 is 2.34 bits per heavy atom. The van der Waals surface area contributed by atoms with E-state index in [4.69, 9.17) is 0 Å². The normalized spacial score (nSPS) is 20.8. The summed E-state index contributed by atoms with van der Waals surface area (Å²) in [5, 5.41) is 11.5. The van der Waals surface area contributed by atoms with Gasteiger partial charge in [-0.2, -0.15) is 0 Å². The van der Waals surface area contributed by atoms with Crippen LogP contribution in [0.15, 0.2) is 60.7 Å². The first-order valence-corrected chi connectivity index (χ1v) is 10.3. The molecule has 3 aromatic rings. The molecule has 0 saturated carbocycles. The van der Waals surface area contributed by atoms with Crippen molar-refractivity contribution >= 4 is 5.91 Å². The third-order valence-corrected chi connectivity index (χ3v) is 6.09. The summed E-state index contributed by atoms with van der Waals surface area (Å²) < 4.78 is 2.04. The molecule has 6 nitrogen and oxygen atoms in total. The molecule has 3 heterocycles. The summed E-state index contributed by atoms with van der Waals surface area (Å²) in [6.45, 7) is 4.45. The van der Waals surface area contributed by atoms with Crippen LogP contribution in [-0.2, 0) is 26.1 Å². The van der Waals surface area contributed by atoms with Crippen LogP contribution in [0, 0.1) is 11.8 Å². The molecule has 0 aliphatic carbocycles. The lowest BCUT2D eigenvalue weighted by Crippen LogP contribution is -2.32. The van der Waals surface area contributed by atoms with E-state index in [1.807, 2.05) is 34.9 Å². The van der Waals surface area contributed by atoms with E-state index < -0.39 is 0 Å². The highest BCUT2D eigenvalue weighted by Crippen LogP contribution is 2.33. The number of rotatable bonds is 5. The zero-order valence-electron chi connectivity index (χ0n) is 16.4. The minimum Gasteiger partial charge on any atom is -0.345 e. The van der Waals surface area contributed by atoms with Crippen LogP contribution in [0.3, 0.4) is 0 Å². The predicted octanol–water partition coefficient (Wildman–Crippen LogP) is 2.51. The Bertz CT molecular complexity index is 985. The van der Waals surface area contributed by atoms with E-state index in [1.165, 1.54) is 5.56 Å². The van der Waals surface area contributed by atoms with Gasteiger partial charge in [0.05, 0.1) is 0 Å². The summed E-state index contributed by atoms with van der Waals surface area (Å²) in [5.74, 6) is 2.37. The van der Waals surface area contributed by atoms with E-state index >= 15 is 0 Å². The topological polar surface area (TPSA) is 63.1 Å². The highest BCUT2D eigenvalue weighted by Gasteiger charge is 2.38. The molecule has 1 saturated heterocycles. The smallest absolute Gasteiger partial charge is 0.289 e. The number of benzene rings is 2. The number of carbonyl (C=O) groups excluding carboxylic acids is 1. The van der Waals surface area contributed by atoms with Crippen molar-refractivity contribution < 1.29 is 4.79 Å². The third kappa shape index (κ3) is 3.80. The SMILES string of the molecule is O=C(NCc1ccccc1)c1nnc2n1C[C@H]1CN(Cc3ccccc3)C[C@H]1C2. The van der Waals surface area contributed by atoms with Gasteiger partial charge in [-0.25, -0.2) is 0 Å². The Morgan fingerprint density at radius 2 is 1.59 bits per heavy atom. The average molecular weight is 387 g/mol. The quantitative estimate of drug-likeness (QED) is 0.731. The molecule has 2 aromatic carbocycles. The number of nitrogens with zero attached hydrogens (tertiary/aromatic N) is 4. The molecule has 1 N–H and O–H groups in total. The molecular weight excluding hydrogens is 362 g/mol. The van der Waals surface area contributed by atoms with Crippen LogP contribution in [0.1, 0.15) is 27.6 Å². The maximum atomic E-state index is 12.7. The van der Waals surface area contributed by atoms with Crippen LogP contribution in [0.5, 0.6) is 0 Å². The van der Waals surface area contributed by atoms with E-state index in [-0.39, 0.29) is 5.91 Å². The largest absolute Gasteiger partial charge is 0.345 e. The van der Waals surface area contributed by atoms with Gasteiger partial charge < -0.3 is 9.88 Å². The van der Waals surface area contributed by atoms with Gasteiger partial charge in [0.2, 0.25) is 5.82 Å². The fourth-order valence-electron chi connectivity index (χ4n) is 4.62. The van der Waals surface area contributed by atoms with Crippen molar-refractivity contribution in [2.45, 2.75) is 26.1 Å². The summed E-state index contributed by atoms with van der Waals surface area (Å²) in [7, 11) is 0. The Morgan fingerprint density at radius 1 is 0.897 bits per heavy atom. The van der Waals surface area contributed by atoms with Gasteiger partial charge in [0.15, 0.2) is 0 Å². The lowest BCUT2D eigenvalue weighted by Gasteiger charge is -2.25. The number of likely N-dealkylation sites (tertiary alicyclic amines) is 1. The molecule has 0 unspecified atom stereocenters. The molecule has 1 amide bonds. The second kappa shape index (κ2) is 7.79. The van der Waals surface area contributed by atoms with Crippen molar-refractivity contribution in [3.05, 3.63) is 83.4 Å². The Kier molecular flexibility index (Phi) is 4.86. The monoisotopic (exact) mass is 387 g/mol. The molecule has 1 fully saturated rings. The van der Waals surface area contributed by atoms with Gasteiger partial charge in [0, 0.05) is 39.1 Å². The van der Waals surface area contributed by atoms with Crippen molar-refractivity contribution in [3.8, 4) is 0 Å². The van der Waals surface area contributed by atoms with Crippen LogP contribution >= 0.6 is 0 Å². The van der Waals surface area contributed by atoms with Crippen LogP contribution in [0.4, 0.5) is 0 Å². The molecule has 2 aliphatic heterocycles. The standard InChI is InChI=1S/C23H25N5O/c29-23(24-12-17-7-3-1-4-8-17)22-26-25-21-11-19-14-27(15-20(19)16-28(21)22)13-18-9-5-2-6-10-18/h1-10,19-20H,11-16H2,(H,24,29)/t19-,20-/m1/s1. The minimum absolute atomic E-state index is 0.148. The number of fused-ring (bicyclic) bond motifs is 2. The number of aromatic nitrogens is 3. The van der Waals surface area contributed by atoms with Crippen LogP contribution in [0.2, 0.25) is 0 Å². The molecule has 2 atom stereocenters. The molecule has 2 aliphatic rings. The van der Waals surface area contributed by atoms with E-state index in [2.05, 4.69) is 50.7 Å². The second-order valence-electron chi connectivity index (χ2n) is 8.12. The first kappa shape index (κ1) is 18.1. The Balaban J connectivity index is 1.24. The lowest BCUT2D eigenvalue weighted by atomic mass is 9.89. The van der Waals surface area contributed by atoms with E-state index in [1.54, 1.807) is 0 Å². The zero-order valence-corrected chi connectivity index (χ0v) is 16.4. The van der Waals surface area contributed by atoms with E-state index in [9.17, 15) is 4.79 Å². The maximum absolute atomic E-state index is 12.7. The van der Waals surface area contributed by atoms with Crippen LogP contribution in [-0.4, -0.2) is 38.7 Å². The lowest BCUT2D eigenvalue weighted by molar-refractivity contribution is 0.0932. The second-order valence-corrected chi connectivity index (χ2v) is 8.12. The molecule has 5 rings (SSSR count). The predicted molar refractivity (Wildman–Crippen MR) is 110 cm³/mol. The first-order chi connectivity index (χ1) is 14.3. The van der Waals surface area contributed by atoms with E-state index in [0.29, 0.717) is 24.2 Å². The number of amides is 1. The van der Waals surface area contributed by atoms with Gasteiger partial charge in [-0.15, -0.1) is 10.2 Å². The van der Waals surface area contributed by atoms with Crippen LogP contribution < -0.4 is 5.32 Å². The average Bonchev–Trinajstić information content (AvgIpc) is 3.34. The number of carbonyl (C=O) groups is 1. The molecule has 148 valence electrons. The van der Waals surface area contributed by atoms with Gasteiger partial charge in [-0.1, -0.05) is 60.7 Å². The maximum Gasteiger partial charge on any atom is 0.289 e. The molecule has 0 bridgehead atoms. The molecule has 6 heteroatoms. The van der Waals surface area contributed by atoms with Gasteiger partial charge in [-0.3, -0.25) is 9.69 Å². The van der Waals surface area contributed by atoms with Crippen molar-refractivity contribution in [1.82, 2.24) is 25.0 Å². The molecule has 29 heavy (non-hydrogen) atoms. The van der Waals surface area contributed by atoms with Gasteiger partial charge in [0.25, 0.3) is 5.91 Å². The molecule has 1 aromatic heterocycles. The van der Waals surface area contributed by atoms with Gasteiger partial charge in [-0.05, 0) is 23.0 Å². The van der Waals surface area contributed by atoms with Gasteiger partial charge >= 0.3 is 0 Å². The third-order valence-electron chi connectivity index (χ3n) is 6.09. The van der Waals surface area contributed by atoms with E-state index in [0.717, 1.165) is 44.0 Å². The zero-order chi connectivity index (χ0) is 19.6. The van der Waals surface area contributed by atoms with Crippen molar-refractivity contribution in [3.63, 3.8) is 0 Å². The summed E-state index contributed by atoms with van der Waals surface area (Å²) in [6, 6.07) is 20.6. The summed E-state index contributed by atoms with van der Waals surface area (Å²) in [6.07, 6.45) is 0.898. The molecule has 0 spiro atoms. The number of hydrogen-bond donors (Lipinski definition) is 1. The highest BCUT2D eigenvalue weighted by molar-refractivity contribution is 5.90. The minimum atomic E-state index is -0.148. The summed E-state index contributed by atoms with van der Waals surface area (Å²) >= 11 is 0. The molecule has 0 radical (unpaired) electrons.